The number of nitrogens with zero attached hydrogens (tertiary/aromatic N) is 1. The van der Waals surface area contributed by atoms with Crippen molar-refractivity contribution in [3.05, 3.63) is 45.0 Å². The molecule has 0 unspecified atom stereocenters. The molecule has 0 aliphatic heterocycles. The minimum atomic E-state index is -4.52. The van der Waals surface area contributed by atoms with Gasteiger partial charge in [-0.25, -0.2) is 4.98 Å². The van der Waals surface area contributed by atoms with Crippen LogP contribution < -0.4 is 9.47 Å². The van der Waals surface area contributed by atoms with Gasteiger partial charge in [-0.3, -0.25) is 0 Å². The monoisotopic (exact) mass is 415 g/mol. The summed E-state index contributed by atoms with van der Waals surface area (Å²) in [6.07, 6.45) is -3.51. The third-order valence-corrected chi connectivity index (χ3v) is 3.72. The second kappa shape index (κ2) is 8.21. The molecule has 0 atom stereocenters. The number of halogens is 6. The molecule has 1 heterocycles. The second-order valence-corrected chi connectivity index (χ2v) is 6.02. The number of ether oxygens (including phenoxy) is 2. The summed E-state index contributed by atoms with van der Waals surface area (Å²) in [5.74, 6) is 0.0240. The standard InChI is InChI=1S/C15H11Cl3F3NO3/c16-10-5-9(23)6-11(17)13(10)24-2-1-3-25-14-12(18)4-8(7-22-14)15(19,20)21/h4-7,23H,1-3H2. The molecule has 1 aromatic carbocycles. The number of hydrogen-bond donors (Lipinski definition) is 1. The molecule has 2 rings (SSSR count). The van der Waals surface area contributed by atoms with Crippen LogP contribution in [0.2, 0.25) is 15.1 Å². The first kappa shape index (κ1) is 19.8. The van der Waals surface area contributed by atoms with E-state index in [2.05, 4.69) is 4.98 Å². The van der Waals surface area contributed by atoms with Gasteiger partial charge in [0, 0.05) is 24.8 Å². The van der Waals surface area contributed by atoms with Crippen LogP contribution in [0.3, 0.4) is 0 Å². The minimum absolute atomic E-state index is 0.0892. The molecule has 0 aliphatic rings. The number of hydrogen-bond acceptors (Lipinski definition) is 4. The highest BCUT2D eigenvalue weighted by Gasteiger charge is 2.31. The lowest BCUT2D eigenvalue weighted by molar-refractivity contribution is -0.137. The Morgan fingerprint density at radius 2 is 1.56 bits per heavy atom. The summed E-state index contributed by atoms with van der Waals surface area (Å²) in [4.78, 5) is 3.55. The molecule has 136 valence electrons. The summed E-state index contributed by atoms with van der Waals surface area (Å²) in [6, 6.07) is 3.31. The Bertz CT molecular complexity index is 734. The van der Waals surface area contributed by atoms with E-state index in [0.717, 1.165) is 6.07 Å². The fourth-order valence-corrected chi connectivity index (χ4v) is 2.58. The molecular formula is C15H11Cl3F3NO3. The van der Waals surface area contributed by atoms with Crippen molar-refractivity contribution in [1.29, 1.82) is 0 Å². The summed E-state index contributed by atoms with van der Waals surface area (Å²) in [5, 5.41) is 9.38. The van der Waals surface area contributed by atoms with Crippen molar-refractivity contribution >= 4 is 34.8 Å². The average molecular weight is 417 g/mol. The van der Waals surface area contributed by atoms with Crippen LogP contribution in [0.5, 0.6) is 17.4 Å². The smallest absolute Gasteiger partial charge is 0.417 e. The normalized spacial score (nSPS) is 11.4. The van der Waals surface area contributed by atoms with Crippen LogP contribution in [0.25, 0.3) is 0 Å². The quantitative estimate of drug-likeness (QED) is 0.622. The second-order valence-electron chi connectivity index (χ2n) is 4.80. The molecule has 0 radical (unpaired) electrons. The Labute approximate surface area is 156 Å². The Balaban J connectivity index is 1.84. The first-order valence-corrected chi connectivity index (χ1v) is 7.98. The predicted octanol–water partition coefficient (Wildman–Crippen LogP) is 5.61. The topological polar surface area (TPSA) is 51.6 Å². The maximum absolute atomic E-state index is 12.5. The Hall–Kier alpha value is -1.57. The first-order valence-electron chi connectivity index (χ1n) is 6.85. The fraction of sp³-hybridized carbons (Fsp3) is 0.267. The Morgan fingerprint density at radius 3 is 2.12 bits per heavy atom. The molecule has 0 aliphatic carbocycles. The lowest BCUT2D eigenvalue weighted by Crippen LogP contribution is -2.08. The molecule has 0 fully saturated rings. The van der Waals surface area contributed by atoms with Gasteiger partial charge in [0.25, 0.3) is 0 Å². The van der Waals surface area contributed by atoms with Gasteiger partial charge in [0.2, 0.25) is 5.88 Å². The van der Waals surface area contributed by atoms with E-state index >= 15 is 0 Å². The number of aromatic hydroxyl groups is 1. The molecule has 0 amide bonds. The van der Waals surface area contributed by atoms with Gasteiger partial charge in [-0.1, -0.05) is 34.8 Å². The zero-order valence-corrected chi connectivity index (χ0v) is 14.7. The summed E-state index contributed by atoms with van der Waals surface area (Å²) in [6.45, 7) is 0.272. The van der Waals surface area contributed by atoms with Crippen LogP contribution in [0.1, 0.15) is 12.0 Å². The lowest BCUT2D eigenvalue weighted by Gasteiger charge is -2.12. The van der Waals surface area contributed by atoms with Gasteiger partial charge in [0.15, 0.2) is 5.75 Å². The number of rotatable bonds is 6. The first-order chi connectivity index (χ1) is 11.7. The van der Waals surface area contributed by atoms with E-state index in [4.69, 9.17) is 44.3 Å². The van der Waals surface area contributed by atoms with Crippen molar-refractivity contribution in [2.75, 3.05) is 13.2 Å². The van der Waals surface area contributed by atoms with Crippen molar-refractivity contribution in [2.45, 2.75) is 12.6 Å². The zero-order valence-electron chi connectivity index (χ0n) is 12.4. The van der Waals surface area contributed by atoms with Gasteiger partial charge in [-0.05, 0) is 6.07 Å². The van der Waals surface area contributed by atoms with Gasteiger partial charge in [-0.2, -0.15) is 13.2 Å². The van der Waals surface area contributed by atoms with Crippen molar-refractivity contribution in [3.63, 3.8) is 0 Å². The van der Waals surface area contributed by atoms with Crippen molar-refractivity contribution in [1.82, 2.24) is 4.98 Å². The SMILES string of the molecule is Oc1cc(Cl)c(OCCCOc2ncc(C(F)(F)F)cc2Cl)c(Cl)c1. The maximum Gasteiger partial charge on any atom is 0.417 e. The highest BCUT2D eigenvalue weighted by molar-refractivity contribution is 6.37. The lowest BCUT2D eigenvalue weighted by atomic mass is 10.3. The molecule has 0 saturated carbocycles. The molecule has 0 spiro atoms. The Kier molecular flexibility index (Phi) is 6.48. The largest absolute Gasteiger partial charge is 0.508 e. The molecule has 10 heteroatoms. The van der Waals surface area contributed by atoms with Crippen molar-refractivity contribution < 1.29 is 27.8 Å². The van der Waals surface area contributed by atoms with Gasteiger partial charge in [-0.15, -0.1) is 0 Å². The van der Waals surface area contributed by atoms with Crippen molar-refractivity contribution in [3.8, 4) is 17.4 Å². The van der Waals surface area contributed by atoms with E-state index in [0.29, 0.717) is 12.6 Å². The number of alkyl halides is 3. The van der Waals surface area contributed by atoms with Crippen LogP contribution in [-0.2, 0) is 6.18 Å². The van der Waals surface area contributed by atoms with Crippen LogP contribution in [-0.4, -0.2) is 23.3 Å². The summed E-state index contributed by atoms with van der Waals surface area (Å²) in [5.41, 5.74) is -0.954. The fourth-order valence-electron chi connectivity index (χ4n) is 1.77. The summed E-state index contributed by atoms with van der Waals surface area (Å²) in [7, 11) is 0. The number of pyridine rings is 1. The van der Waals surface area contributed by atoms with Gasteiger partial charge < -0.3 is 14.6 Å². The van der Waals surface area contributed by atoms with Crippen LogP contribution in [0.15, 0.2) is 24.4 Å². The zero-order chi connectivity index (χ0) is 18.6. The van der Waals surface area contributed by atoms with E-state index in [9.17, 15) is 18.3 Å². The molecule has 4 nitrogen and oxygen atoms in total. The third-order valence-electron chi connectivity index (χ3n) is 2.89. The van der Waals surface area contributed by atoms with Crippen LogP contribution in [0, 0.1) is 0 Å². The molecule has 0 bridgehead atoms. The van der Waals surface area contributed by atoms with Crippen molar-refractivity contribution in [2.24, 2.45) is 0 Å². The molecule has 2 aromatic rings. The molecule has 1 N–H and O–H groups in total. The van der Waals surface area contributed by atoms with Gasteiger partial charge in [0.1, 0.15) is 10.8 Å². The molecule has 0 saturated heterocycles. The molecular weight excluding hydrogens is 406 g/mol. The summed E-state index contributed by atoms with van der Waals surface area (Å²) >= 11 is 17.5. The van der Waals surface area contributed by atoms with Gasteiger partial charge >= 0.3 is 6.18 Å². The summed E-state index contributed by atoms with van der Waals surface area (Å²) < 4.78 is 48.2. The number of phenols is 1. The minimum Gasteiger partial charge on any atom is -0.508 e. The number of aromatic nitrogens is 1. The van der Waals surface area contributed by atoms with E-state index in [-0.39, 0.29) is 45.7 Å². The Morgan fingerprint density at radius 1 is 0.960 bits per heavy atom. The van der Waals surface area contributed by atoms with E-state index < -0.39 is 11.7 Å². The predicted molar refractivity (Wildman–Crippen MR) is 88.0 cm³/mol. The van der Waals surface area contributed by atoms with Gasteiger partial charge in [0.05, 0.1) is 28.8 Å². The highest BCUT2D eigenvalue weighted by atomic mass is 35.5. The van der Waals surface area contributed by atoms with Crippen LogP contribution >= 0.6 is 34.8 Å². The number of phenolic OH excluding ortho intramolecular Hbond substituents is 1. The maximum atomic E-state index is 12.5. The number of benzene rings is 1. The van der Waals surface area contributed by atoms with E-state index in [1.807, 2.05) is 0 Å². The van der Waals surface area contributed by atoms with Crippen LogP contribution in [0.4, 0.5) is 13.2 Å². The van der Waals surface area contributed by atoms with E-state index in [1.165, 1.54) is 12.1 Å². The molecule has 1 aromatic heterocycles. The third kappa shape index (κ3) is 5.45. The highest BCUT2D eigenvalue weighted by Crippen LogP contribution is 2.36. The molecule has 25 heavy (non-hydrogen) atoms. The van der Waals surface area contributed by atoms with E-state index in [1.54, 1.807) is 0 Å². The average Bonchev–Trinajstić information content (AvgIpc) is 2.49.